The van der Waals surface area contributed by atoms with E-state index < -0.39 is 25.9 Å². The molecule has 0 bridgehead atoms. The number of carboxylic acids is 1. The van der Waals surface area contributed by atoms with E-state index in [9.17, 15) is 13.2 Å². The number of carboxylic acid groups (broad SMARTS) is 1. The standard InChI is InChI=1S/C12H8Cl2N2O4S/c13-7-5-9(12(17)18)11(14)10(6-7)21(19,20)16-8-1-3-15-4-2-8/h1-6H,(H,15,16)(H,17,18). The lowest BCUT2D eigenvalue weighted by atomic mass is 10.2. The predicted octanol–water partition coefficient (Wildman–Crippen LogP) is 2.89. The smallest absolute Gasteiger partial charge is 0.337 e. The van der Waals surface area contributed by atoms with E-state index in [1.54, 1.807) is 0 Å². The van der Waals surface area contributed by atoms with Crippen molar-refractivity contribution in [1.82, 2.24) is 4.98 Å². The number of rotatable bonds is 4. The summed E-state index contributed by atoms with van der Waals surface area (Å²) in [6.45, 7) is 0. The van der Waals surface area contributed by atoms with Crippen LogP contribution in [-0.2, 0) is 10.0 Å². The number of benzene rings is 1. The Labute approximate surface area is 130 Å². The van der Waals surface area contributed by atoms with Gasteiger partial charge in [-0.3, -0.25) is 9.71 Å². The normalized spacial score (nSPS) is 11.1. The maximum Gasteiger partial charge on any atom is 0.337 e. The van der Waals surface area contributed by atoms with Crippen LogP contribution in [0.4, 0.5) is 5.69 Å². The van der Waals surface area contributed by atoms with Crippen LogP contribution in [0.5, 0.6) is 0 Å². The zero-order valence-electron chi connectivity index (χ0n) is 10.2. The number of nitrogens with zero attached hydrogens (tertiary/aromatic N) is 1. The molecule has 2 N–H and O–H groups in total. The molecule has 1 aromatic carbocycles. The lowest BCUT2D eigenvalue weighted by Gasteiger charge is -2.11. The van der Waals surface area contributed by atoms with Gasteiger partial charge < -0.3 is 5.11 Å². The minimum absolute atomic E-state index is 0.0492. The summed E-state index contributed by atoms with van der Waals surface area (Å²) in [6, 6.07) is 5.04. The highest BCUT2D eigenvalue weighted by atomic mass is 35.5. The molecule has 0 radical (unpaired) electrons. The minimum atomic E-state index is -4.08. The first-order valence-electron chi connectivity index (χ1n) is 5.46. The van der Waals surface area contributed by atoms with Crippen LogP contribution >= 0.6 is 23.2 Å². The minimum Gasteiger partial charge on any atom is -0.478 e. The summed E-state index contributed by atoms with van der Waals surface area (Å²) in [7, 11) is -4.08. The van der Waals surface area contributed by atoms with Crippen molar-refractivity contribution in [3.05, 3.63) is 52.3 Å². The van der Waals surface area contributed by atoms with Gasteiger partial charge in [-0.1, -0.05) is 23.2 Å². The molecular weight excluding hydrogens is 339 g/mol. The average molecular weight is 347 g/mol. The van der Waals surface area contributed by atoms with Crippen LogP contribution in [0, 0.1) is 0 Å². The van der Waals surface area contributed by atoms with E-state index >= 15 is 0 Å². The van der Waals surface area contributed by atoms with Gasteiger partial charge in [0.25, 0.3) is 10.0 Å². The Hall–Kier alpha value is -1.83. The third-order valence-electron chi connectivity index (χ3n) is 2.46. The van der Waals surface area contributed by atoms with Gasteiger partial charge in [-0.25, -0.2) is 13.2 Å². The number of carbonyl (C=O) groups is 1. The number of sulfonamides is 1. The van der Waals surface area contributed by atoms with Crippen LogP contribution in [0.15, 0.2) is 41.6 Å². The van der Waals surface area contributed by atoms with E-state index in [-0.39, 0.29) is 16.3 Å². The van der Waals surface area contributed by atoms with E-state index in [2.05, 4.69) is 9.71 Å². The molecule has 0 aliphatic heterocycles. The topological polar surface area (TPSA) is 96.4 Å². The van der Waals surface area contributed by atoms with Gasteiger partial charge in [0.1, 0.15) is 4.90 Å². The fraction of sp³-hybridized carbons (Fsp3) is 0. The molecule has 0 aliphatic rings. The van der Waals surface area contributed by atoms with Crippen LogP contribution in [0.25, 0.3) is 0 Å². The van der Waals surface area contributed by atoms with Crippen molar-refractivity contribution in [3.63, 3.8) is 0 Å². The van der Waals surface area contributed by atoms with Gasteiger partial charge >= 0.3 is 5.97 Å². The van der Waals surface area contributed by atoms with Gasteiger partial charge in [-0.05, 0) is 24.3 Å². The molecular formula is C12H8Cl2N2O4S. The number of hydrogen-bond donors (Lipinski definition) is 2. The SMILES string of the molecule is O=C(O)c1cc(Cl)cc(S(=O)(=O)Nc2ccncc2)c1Cl. The highest BCUT2D eigenvalue weighted by Crippen LogP contribution is 2.30. The molecule has 0 spiro atoms. The molecule has 2 rings (SSSR count). The summed E-state index contributed by atoms with van der Waals surface area (Å²) in [4.78, 5) is 14.4. The van der Waals surface area contributed by atoms with E-state index in [1.165, 1.54) is 24.5 Å². The Bertz CT molecular complexity index is 794. The summed E-state index contributed by atoms with van der Waals surface area (Å²) in [5.41, 5.74) is -0.128. The zero-order valence-corrected chi connectivity index (χ0v) is 12.6. The van der Waals surface area contributed by atoms with Crippen LogP contribution < -0.4 is 4.72 Å². The van der Waals surface area contributed by atoms with Crippen LogP contribution in [0.2, 0.25) is 10.0 Å². The second-order valence-corrected chi connectivity index (χ2v) is 6.38. The fourth-order valence-corrected chi connectivity index (χ4v) is 3.51. The predicted molar refractivity (Wildman–Crippen MR) is 78.5 cm³/mol. The van der Waals surface area contributed by atoms with Gasteiger partial charge in [-0.15, -0.1) is 0 Å². The van der Waals surface area contributed by atoms with E-state index in [0.717, 1.165) is 12.1 Å². The van der Waals surface area contributed by atoms with Crippen molar-refractivity contribution in [2.24, 2.45) is 0 Å². The first-order valence-corrected chi connectivity index (χ1v) is 7.70. The number of aromatic nitrogens is 1. The Kier molecular flexibility index (Phi) is 4.36. The number of halogens is 2. The molecule has 0 aliphatic carbocycles. The van der Waals surface area contributed by atoms with Gasteiger partial charge in [-0.2, -0.15) is 0 Å². The van der Waals surface area contributed by atoms with Crippen LogP contribution in [0.1, 0.15) is 10.4 Å². The molecule has 2 aromatic rings. The van der Waals surface area contributed by atoms with E-state index in [1.807, 2.05) is 0 Å². The quantitative estimate of drug-likeness (QED) is 0.887. The van der Waals surface area contributed by atoms with Crippen LogP contribution in [0.3, 0.4) is 0 Å². The second kappa shape index (κ2) is 5.88. The molecule has 0 amide bonds. The highest BCUT2D eigenvalue weighted by molar-refractivity contribution is 7.92. The van der Waals surface area contributed by atoms with Gasteiger partial charge in [0, 0.05) is 17.4 Å². The van der Waals surface area contributed by atoms with Crippen LogP contribution in [-0.4, -0.2) is 24.5 Å². The van der Waals surface area contributed by atoms with Gasteiger partial charge in [0.15, 0.2) is 0 Å². The lowest BCUT2D eigenvalue weighted by molar-refractivity contribution is 0.0697. The molecule has 1 heterocycles. The van der Waals surface area contributed by atoms with Crippen molar-refractivity contribution in [2.45, 2.75) is 4.90 Å². The Morgan fingerprint density at radius 2 is 1.81 bits per heavy atom. The van der Waals surface area contributed by atoms with Crippen molar-refractivity contribution < 1.29 is 18.3 Å². The first kappa shape index (κ1) is 15.6. The molecule has 0 atom stereocenters. The third kappa shape index (κ3) is 3.44. The highest BCUT2D eigenvalue weighted by Gasteiger charge is 2.23. The maximum absolute atomic E-state index is 12.3. The number of nitrogens with one attached hydrogen (secondary N) is 1. The number of hydrogen-bond acceptors (Lipinski definition) is 4. The third-order valence-corrected chi connectivity index (χ3v) is 4.60. The summed E-state index contributed by atoms with van der Waals surface area (Å²) in [5, 5.41) is 8.55. The molecule has 6 nitrogen and oxygen atoms in total. The summed E-state index contributed by atoms with van der Waals surface area (Å²) in [6.07, 6.45) is 2.81. The molecule has 0 saturated heterocycles. The molecule has 9 heteroatoms. The Balaban J connectivity index is 2.53. The van der Waals surface area contributed by atoms with Gasteiger partial charge in [0.05, 0.1) is 16.3 Å². The Morgan fingerprint density at radius 3 is 2.38 bits per heavy atom. The number of aromatic carboxylic acids is 1. The second-order valence-electron chi connectivity index (χ2n) is 3.91. The monoisotopic (exact) mass is 346 g/mol. The Morgan fingerprint density at radius 1 is 1.19 bits per heavy atom. The van der Waals surface area contributed by atoms with E-state index in [0.29, 0.717) is 0 Å². The number of anilines is 1. The largest absolute Gasteiger partial charge is 0.478 e. The zero-order chi connectivity index (χ0) is 15.6. The molecule has 110 valence electrons. The number of pyridine rings is 1. The summed E-state index contributed by atoms with van der Waals surface area (Å²) in [5.74, 6) is -1.37. The summed E-state index contributed by atoms with van der Waals surface area (Å²) < 4.78 is 26.8. The molecule has 21 heavy (non-hydrogen) atoms. The van der Waals surface area contributed by atoms with Crippen molar-refractivity contribution in [3.8, 4) is 0 Å². The lowest BCUT2D eigenvalue weighted by Crippen LogP contribution is -2.15. The summed E-state index contributed by atoms with van der Waals surface area (Å²) >= 11 is 11.6. The molecule has 0 fully saturated rings. The maximum atomic E-state index is 12.3. The fourth-order valence-electron chi connectivity index (χ4n) is 1.55. The van der Waals surface area contributed by atoms with Crippen molar-refractivity contribution in [2.75, 3.05) is 4.72 Å². The molecule has 0 saturated carbocycles. The van der Waals surface area contributed by atoms with E-state index in [4.69, 9.17) is 28.3 Å². The molecule has 1 aromatic heterocycles. The first-order chi connectivity index (χ1) is 9.81. The van der Waals surface area contributed by atoms with Gasteiger partial charge in [0.2, 0.25) is 0 Å². The average Bonchev–Trinajstić information content (AvgIpc) is 2.41. The van der Waals surface area contributed by atoms with Crippen molar-refractivity contribution in [1.29, 1.82) is 0 Å². The molecule has 0 unspecified atom stereocenters. The van der Waals surface area contributed by atoms with Crippen molar-refractivity contribution >= 4 is 44.9 Å².